The van der Waals surface area contributed by atoms with E-state index in [2.05, 4.69) is 104 Å². The number of anilines is 1. The average molecular weight is 630 g/mol. The summed E-state index contributed by atoms with van der Waals surface area (Å²) in [6, 6.07) is 27.0. The van der Waals surface area contributed by atoms with Gasteiger partial charge in [-0.2, -0.15) is 0 Å². The number of aromatic nitrogens is 1. The average Bonchev–Trinajstić information content (AvgIpc) is 2.76. The molecule has 1 aliphatic rings. The number of hydrogen-bond acceptors (Lipinski definition) is 2. The van der Waals surface area contributed by atoms with Crippen LogP contribution < -0.4 is 5.32 Å². The number of para-hydroxylation sites is 1. The molecular weight excluding hydrogens is 610 g/mol. The number of rotatable bonds is 4. The third-order valence-electron chi connectivity index (χ3n) is 6.16. The van der Waals surface area contributed by atoms with E-state index < -0.39 is 0 Å². The number of benzene rings is 3. The summed E-state index contributed by atoms with van der Waals surface area (Å²) in [6.45, 7) is 0. The molecule has 0 saturated heterocycles. The van der Waals surface area contributed by atoms with Crippen LogP contribution in [0.15, 0.2) is 85.1 Å². The van der Waals surface area contributed by atoms with Crippen LogP contribution in [-0.2, 0) is 4.79 Å². The van der Waals surface area contributed by atoms with Gasteiger partial charge in [0.25, 0.3) is 0 Å². The number of nitrogens with zero attached hydrogens (tertiary/aromatic N) is 1. The van der Waals surface area contributed by atoms with Crippen molar-refractivity contribution in [3.63, 3.8) is 0 Å². The Balaban J connectivity index is 1.48. The second kappa shape index (κ2) is 8.86. The molecule has 1 aliphatic carbocycles. The highest BCUT2D eigenvalue weighted by Crippen LogP contribution is 2.53. The summed E-state index contributed by atoms with van der Waals surface area (Å²) in [7, 11) is 0. The third kappa shape index (κ3) is 4.22. The second-order valence-corrected chi connectivity index (χ2v) is 10.4. The molecule has 1 aromatic heterocycles. The Morgan fingerprint density at radius 3 is 2.00 bits per heavy atom. The van der Waals surface area contributed by atoms with E-state index in [0.717, 1.165) is 23.0 Å². The number of carbonyl (C=O) groups is 1. The number of pyridine rings is 1. The lowest BCUT2D eigenvalue weighted by molar-refractivity contribution is -0.124. The number of nitrogens with one attached hydrogen (secondary N) is 1. The molecule has 4 aromatic rings. The van der Waals surface area contributed by atoms with Gasteiger partial charge >= 0.3 is 0 Å². The second-order valence-electron chi connectivity index (χ2n) is 7.95. The van der Waals surface area contributed by atoms with Gasteiger partial charge in [0, 0.05) is 18.7 Å². The van der Waals surface area contributed by atoms with E-state index in [1.54, 1.807) is 6.20 Å². The summed E-state index contributed by atoms with van der Waals surface area (Å²) in [5.74, 6) is 0.379. The van der Waals surface area contributed by atoms with Crippen molar-refractivity contribution in [1.29, 1.82) is 0 Å². The van der Waals surface area contributed by atoms with Gasteiger partial charge in [-0.1, -0.05) is 42.5 Å². The summed E-state index contributed by atoms with van der Waals surface area (Å²) in [5.41, 5.74) is 4.07. The van der Waals surface area contributed by atoms with E-state index >= 15 is 0 Å². The standard InChI is InChI=1S/C26H20I2N2O/c27-19-10-6-16(7-11-19)21-15-22(17-8-12-20(28)13-9-17)24(21)26(31)30-23-5-1-3-18-4-2-14-29-25(18)23/h1-14,21-22,24H,15H2,(H,30,31)/t21-,22+,24?. The van der Waals surface area contributed by atoms with Gasteiger partial charge < -0.3 is 5.32 Å². The lowest BCUT2D eigenvalue weighted by atomic mass is 9.59. The molecule has 0 radical (unpaired) electrons. The summed E-state index contributed by atoms with van der Waals surface area (Å²) >= 11 is 4.64. The van der Waals surface area contributed by atoms with E-state index in [1.165, 1.54) is 18.3 Å². The molecule has 5 rings (SSSR count). The van der Waals surface area contributed by atoms with Crippen LogP contribution in [0.5, 0.6) is 0 Å². The Hall–Kier alpha value is -2.00. The first-order chi connectivity index (χ1) is 15.1. The first kappa shape index (κ1) is 20.9. The van der Waals surface area contributed by atoms with Gasteiger partial charge in [-0.25, -0.2) is 0 Å². The highest BCUT2D eigenvalue weighted by atomic mass is 127. The molecule has 31 heavy (non-hydrogen) atoms. The molecule has 1 saturated carbocycles. The quantitative estimate of drug-likeness (QED) is 0.248. The van der Waals surface area contributed by atoms with Crippen molar-refractivity contribution in [2.45, 2.75) is 18.3 Å². The summed E-state index contributed by atoms with van der Waals surface area (Å²) in [4.78, 5) is 18.1. The van der Waals surface area contributed by atoms with E-state index in [-0.39, 0.29) is 23.7 Å². The molecular formula is C26H20I2N2O. The lowest BCUT2D eigenvalue weighted by Crippen LogP contribution is -2.42. The molecule has 0 spiro atoms. The summed E-state index contributed by atoms with van der Waals surface area (Å²) in [6.07, 6.45) is 2.75. The smallest absolute Gasteiger partial charge is 0.228 e. The van der Waals surface area contributed by atoms with E-state index in [1.807, 2.05) is 30.3 Å². The fourth-order valence-electron chi connectivity index (χ4n) is 4.54. The van der Waals surface area contributed by atoms with Gasteiger partial charge in [0.1, 0.15) is 0 Å². The van der Waals surface area contributed by atoms with Gasteiger partial charge in [0.2, 0.25) is 5.91 Å². The lowest BCUT2D eigenvalue weighted by Gasteiger charge is -2.44. The first-order valence-corrected chi connectivity index (χ1v) is 12.4. The zero-order valence-corrected chi connectivity index (χ0v) is 20.9. The minimum atomic E-state index is -0.112. The number of carbonyl (C=O) groups excluding carboxylic acids is 1. The molecule has 1 heterocycles. The molecule has 0 aliphatic heterocycles. The Morgan fingerprint density at radius 2 is 1.39 bits per heavy atom. The van der Waals surface area contributed by atoms with Crippen molar-refractivity contribution in [1.82, 2.24) is 4.98 Å². The number of halogens is 2. The maximum absolute atomic E-state index is 13.6. The molecule has 1 amide bonds. The SMILES string of the molecule is O=C(Nc1cccc2cccnc12)C1[C@@H](c2ccc(I)cc2)C[C@H]1c1ccc(I)cc1. The van der Waals surface area contributed by atoms with Gasteiger partial charge in [0.05, 0.1) is 17.1 Å². The van der Waals surface area contributed by atoms with E-state index in [4.69, 9.17) is 0 Å². The monoisotopic (exact) mass is 630 g/mol. The first-order valence-electron chi connectivity index (χ1n) is 10.3. The molecule has 5 heteroatoms. The van der Waals surface area contributed by atoms with Gasteiger partial charge in [0.15, 0.2) is 0 Å². The molecule has 154 valence electrons. The minimum Gasteiger partial charge on any atom is -0.324 e. The number of hydrogen-bond donors (Lipinski definition) is 1. The van der Waals surface area contributed by atoms with Crippen molar-refractivity contribution in [3.8, 4) is 0 Å². The predicted molar refractivity (Wildman–Crippen MR) is 142 cm³/mol. The normalized spacial score (nSPS) is 20.3. The highest BCUT2D eigenvalue weighted by Gasteiger charge is 2.47. The fraction of sp³-hybridized carbons (Fsp3) is 0.154. The van der Waals surface area contributed by atoms with Gasteiger partial charge in [-0.3, -0.25) is 9.78 Å². The molecule has 3 aromatic carbocycles. The van der Waals surface area contributed by atoms with Crippen molar-refractivity contribution < 1.29 is 4.79 Å². The maximum atomic E-state index is 13.6. The van der Waals surface area contributed by atoms with Crippen LogP contribution in [0.1, 0.15) is 29.4 Å². The largest absolute Gasteiger partial charge is 0.324 e. The van der Waals surface area contributed by atoms with Crippen LogP contribution in [0.25, 0.3) is 10.9 Å². The molecule has 3 atom stereocenters. The Morgan fingerprint density at radius 1 is 0.806 bits per heavy atom. The molecule has 1 fully saturated rings. The highest BCUT2D eigenvalue weighted by molar-refractivity contribution is 14.1. The zero-order valence-electron chi connectivity index (χ0n) is 16.6. The number of fused-ring (bicyclic) bond motifs is 1. The zero-order chi connectivity index (χ0) is 21.4. The van der Waals surface area contributed by atoms with E-state index in [0.29, 0.717) is 0 Å². The molecule has 0 bridgehead atoms. The maximum Gasteiger partial charge on any atom is 0.228 e. The van der Waals surface area contributed by atoms with Crippen LogP contribution in [0.2, 0.25) is 0 Å². The van der Waals surface area contributed by atoms with Crippen LogP contribution in [0.4, 0.5) is 5.69 Å². The summed E-state index contributed by atoms with van der Waals surface area (Å²) < 4.78 is 2.41. The third-order valence-corrected chi connectivity index (χ3v) is 7.60. The van der Waals surface area contributed by atoms with Gasteiger partial charge in [-0.05, 0) is 111 Å². The Bertz CT molecular complexity index is 1180. The summed E-state index contributed by atoms with van der Waals surface area (Å²) in [5, 5.41) is 4.23. The molecule has 1 unspecified atom stereocenters. The Labute approximate surface area is 209 Å². The Kier molecular flexibility index (Phi) is 5.97. The topological polar surface area (TPSA) is 42.0 Å². The molecule has 3 nitrogen and oxygen atoms in total. The van der Waals surface area contributed by atoms with Crippen molar-refractivity contribution in [2.75, 3.05) is 5.32 Å². The minimum absolute atomic E-state index is 0.0662. The van der Waals surface area contributed by atoms with Gasteiger partial charge in [-0.15, -0.1) is 0 Å². The van der Waals surface area contributed by atoms with Crippen LogP contribution in [0, 0.1) is 13.1 Å². The molecule has 1 N–H and O–H groups in total. The van der Waals surface area contributed by atoms with Crippen LogP contribution >= 0.6 is 45.2 Å². The fourth-order valence-corrected chi connectivity index (χ4v) is 5.26. The predicted octanol–water partition coefficient (Wildman–Crippen LogP) is 6.97. The van der Waals surface area contributed by atoms with Crippen LogP contribution in [0.3, 0.4) is 0 Å². The number of amides is 1. The van der Waals surface area contributed by atoms with Crippen molar-refractivity contribution in [3.05, 3.63) is 103 Å². The van der Waals surface area contributed by atoms with Crippen molar-refractivity contribution >= 4 is 67.7 Å². The van der Waals surface area contributed by atoms with Crippen LogP contribution in [-0.4, -0.2) is 10.9 Å². The van der Waals surface area contributed by atoms with Crippen molar-refractivity contribution in [2.24, 2.45) is 5.92 Å². The van der Waals surface area contributed by atoms with E-state index in [9.17, 15) is 4.79 Å².